The van der Waals surface area contributed by atoms with Crippen molar-refractivity contribution in [3.8, 4) is 0 Å². The van der Waals surface area contributed by atoms with Crippen molar-refractivity contribution in [1.29, 1.82) is 0 Å². The standard InChI is InChI=1S/C25H23FN4O2/c1-17-5-4-6-19(13-17)25(32)28-15-23-29-21-7-2-3-8-22(21)30(23)16-24(31)27-14-18-9-11-20(26)12-10-18/h2-13H,14-16H2,1H3,(H,27,31)(H,28,32). The molecule has 0 atom stereocenters. The van der Waals surface area contributed by atoms with Crippen molar-refractivity contribution < 1.29 is 14.0 Å². The summed E-state index contributed by atoms with van der Waals surface area (Å²) in [5, 5.41) is 5.74. The minimum absolute atomic E-state index is 0.0529. The van der Waals surface area contributed by atoms with Crippen molar-refractivity contribution in [3.63, 3.8) is 0 Å². The lowest BCUT2D eigenvalue weighted by Gasteiger charge is -2.11. The fourth-order valence-corrected chi connectivity index (χ4v) is 3.49. The van der Waals surface area contributed by atoms with Crippen LogP contribution in [0.15, 0.2) is 72.8 Å². The first kappa shape index (κ1) is 21.2. The van der Waals surface area contributed by atoms with E-state index in [1.54, 1.807) is 22.8 Å². The van der Waals surface area contributed by atoms with Crippen molar-refractivity contribution in [3.05, 3.63) is 101 Å². The molecule has 0 saturated carbocycles. The van der Waals surface area contributed by atoms with Gasteiger partial charge < -0.3 is 15.2 Å². The molecule has 1 heterocycles. The molecule has 0 saturated heterocycles. The maximum atomic E-state index is 13.1. The summed E-state index contributed by atoms with van der Waals surface area (Å²) < 4.78 is 14.9. The largest absolute Gasteiger partial charge is 0.350 e. The number of aromatic nitrogens is 2. The van der Waals surface area contributed by atoms with Gasteiger partial charge >= 0.3 is 0 Å². The highest BCUT2D eigenvalue weighted by Gasteiger charge is 2.15. The highest BCUT2D eigenvalue weighted by Crippen LogP contribution is 2.16. The molecule has 4 rings (SSSR count). The third kappa shape index (κ3) is 5.00. The van der Waals surface area contributed by atoms with Gasteiger partial charge in [0.25, 0.3) is 5.91 Å². The van der Waals surface area contributed by atoms with Crippen molar-refractivity contribution >= 4 is 22.8 Å². The van der Waals surface area contributed by atoms with Crippen LogP contribution in [0.25, 0.3) is 11.0 Å². The van der Waals surface area contributed by atoms with E-state index in [-0.39, 0.29) is 30.7 Å². The van der Waals surface area contributed by atoms with Crippen LogP contribution in [0.2, 0.25) is 0 Å². The Hall–Kier alpha value is -4.00. The van der Waals surface area contributed by atoms with Gasteiger partial charge in [-0.2, -0.15) is 0 Å². The van der Waals surface area contributed by atoms with Gasteiger partial charge in [0.05, 0.1) is 17.6 Å². The number of carbonyl (C=O) groups excluding carboxylic acids is 2. The quantitative estimate of drug-likeness (QED) is 0.469. The fourth-order valence-electron chi connectivity index (χ4n) is 3.49. The van der Waals surface area contributed by atoms with E-state index in [4.69, 9.17) is 0 Å². The number of hydrogen-bond acceptors (Lipinski definition) is 3. The minimum atomic E-state index is -0.317. The number of benzene rings is 3. The summed E-state index contributed by atoms with van der Waals surface area (Å²) in [6.45, 7) is 2.47. The van der Waals surface area contributed by atoms with Gasteiger partial charge in [0.15, 0.2) is 0 Å². The van der Waals surface area contributed by atoms with Crippen molar-refractivity contribution in [2.45, 2.75) is 26.6 Å². The second kappa shape index (κ2) is 9.43. The van der Waals surface area contributed by atoms with Gasteiger partial charge in [-0.3, -0.25) is 9.59 Å². The molecule has 0 fully saturated rings. The van der Waals surface area contributed by atoms with Gasteiger partial charge in [0, 0.05) is 12.1 Å². The summed E-state index contributed by atoms with van der Waals surface area (Å²) in [7, 11) is 0. The molecule has 0 aliphatic heterocycles. The Balaban J connectivity index is 1.47. The van der Waals surface area contributed by atoms with Crippen molar-refractivity contribution in [2.24, 2.45) is 0 Å². The molecule has 0 unspecified atom stereocenters. The number of rotatable bonds is 7. The Morgan fingerprint density at radius 2 is 1.72 bits per heavy atom. The topological polar surface area (TPSA) is 76.0 Å². The zero-order chi connectivity index (χ0) is 22.5. The van der Waals surface area contributed by atoms with Crippen LogP contribution in [0.5, 0.6) is 0 Å². The molecule has 7 heteroatoms. The molecular weight excluding hydrogens is 407 g/mol. The number of nitrogens with one attached hydrogen (secondary N) is 2. The average molecular weight is 430 g/mol. The normalized spacial score (nSPS) is 10.8. The van der Waals surface area contributed by atoms with E-state index in [1.165, 1.54) is 12.1 Å². The molecular formula is C25H23FN4O2. The lowest BCUT2D eigenvalue weighted by Crippen LogP contribution is -2.29. The zero-order valence-electron chi connectivity index (χ0n) is 17.6. The number of fused-ring (bicyclic) bond motifs is 1. The van der Waals surface area contributed by atoms with Crippen LogP contribution >= 0.6 is 0 Å². The van der Waals surface area contributed by atoms with Gasteiger partial charge in [0.1, 0.15) is 18.2 Å². The Bertz CT molecular complexity index is 1260. The summed E-state index contributed by atoms with van der Waals surface area (Å²) in [5.41, 5.74) is 3.94. The molecule has 2 N–H and O–H groups in total. The lowest BCUT2D eigenvalue weighted by atomic mass is 10.1. The molecule has 3 aromatic carbocycles. The third-order valence-corrected chi connectivity index (χ3v) is 5.13. The zero-order valence-corrected chi connectivity index (χ0v) is 17.6. The Morgan fingerprint density at radius 3 is 2.50 bits per heavy atom. The molecule has 6 nitrogen and oxygen atoms in total. The van der Waals surface area contributed by atoms with E-state index >= 15 is 0 Å². The third-order valence-electron chi connectivity index (χ3n) is 5.13. The SMILES string of the molecule is Cc1cccc(C(=O)NCc2nc3ccccc3n2CC(=O)NCc2ccc(F)cc2)c1. The molecule has 32 heavy (non-hydrogen) atoms. The number of halogens is 1. The number of hydrogen-bond donors (Lipinski definition) is 2. The molecule has 0 bridgehead atoms. The van der Waals surface area contributed by atoms with E-state index in [2.05, 4.69) is 15.6 Å². The van der Waals surface area contributed by atoms with Crippen LogP contribution in [0.1, 0.15) is 27.3 Å². The minimum Gasteiger partial charge on any atom is -0.350 e. The van der Waals surface area contributed by atoms with Gasteiger partial charge in [-0.05, 0) is 48.9 Å². The molecule has 1 aromatic heterocycles. The van der Waals surface area contributed by atoms with Crippen LogP contribution < -0.4 is 10.6 Å². The van der Waals surface area contributed by atoms with E-state index in [0.717, 1.165) is 22.2 Å². The van der Waals surface area contributed by atoms with Crippen molar-refractivity contribution in [1.82, 2.24) is 20.2 Å². The molecule has 162 valence electrons. The van der Waals surface area contributed by atoms with Crippen LogP contribution in [0.4, 0.5) is 4.39 Å². The average Bonchev–Trinajstić information content (AvgIpc) is 3.14. The van der Waals surface area contributed by atoms with Crippen LogP contribution in [-0.4, -0.2) is 21.4 Å². The lowest BCUT2D eigenvalue weighted by molar-refractivity contribution is -0.121. The summed E-state index contributed by atoms with van der Waals surface area (Å²) in [6, 6.07) is 20.9. The molecule has 4 aromatic rings. The van der Waals surface area contributed by atoms with Crippen molar-refractivity contribution in [2.75, 3.05) is 0 Å². The second-order valence-electron chi connectivity index (χ2n) is 7.56. The predicted octanol–water partition coefficient (Wildman–Crippen LogP) is 3.73. The first-order chi connectivity index (χ1) is 15.5. The number of aryl methyl sites for hydroxylation is 1. The second-order valence-corrected chi connectivity index (χ2v) is 7.56. The number of amides is 2. The van der Waals surface area contributed by atoms with Crippen LogP contribution in [-0.2, 0) is 24.4 Å². The van der Waals surface area contributed by atoms with Gasteiger partial charge in [0.2, 0.25) is 5.91 Å². The maximum Gasteiger partial charge on any atom is 0.251 e. The number of nitrogens with zero attached hydrogens (tertiary/aromatic N) is 2. The first-order valence-electron chi connectivity index (χ1n) is 10.3. The van der Waals surface area contributed by atoms with E-state index in [9.17, 15) is 14.0 Å². The number of carbonyl (C=O) groups is 2. The summed E-state index contributed by atoms with van der Waals surface area (Å²) >= 11 is 0. The molecule has 0 spiro atoms. The summed E-state index contributed by atoms with van der Waals surface area (Å²) in [5.74, 6) is -0.136. The first-order valence-corrected chi connectivity index (χ1v) is 10.3. The maximum absolute atomic E-state index is 13.1. The monoisotopic (exact) mass is 430 g/mol. The molecule has 2 amide bonds. The highest BCUT2D eigenvalue weighted by molar-refractivity contribution is 5.94. The molecule has 0 radical (unpaired) electrons. The summed E-state index contributed by atoms with van der Waals surface area (Å²) in [4.78, 5) is 29.8. The van der Waals surface area contributed by atoms with E-state index < -0.39 is 0 Å². The van der Waals surface area contributed by atoms with E-state index in [0.29, 0.717) is 17.9 Å². The number of imidazole rings is 1. The Kier molecular flexibility index (Phi) is 6.26. The smallest absolute Gasteiger partial charge is 0.251 e. The molecule has 0 aliphatic rings. The van der Waals surface area contributed by atoms with Gasteiger partial charge in [-0.1, -0.05) is 42.0 Å². The number of para-hydroxylation sites is 2. The highest BCUT2D eigenvalue weighted by atomic mass is 19.1. The fraction of sp³-hybridized carbons (Fsp3) is 0.160. The Labute approximate surface area is 185 Å². The van der Waals surface area contributed by atoms with Crippen LogP contribution in [0, 0.1) is 12.7 Å². The van der Waals surface area contributed by atoms with Gasteiger partial charge in [-0.25, -0.2) is 9.37 Å². The Morgan fingerprint density at radius 1 is 0.938 bits per heavy atom. The van der Waals surface area contributed by atoms with Crippen LogP contribution in [0.3, 0.4) is 0 Å². The predicted molar refractivity (Wildman–Crippen MR) is 120 cm³/mol. The summed E-state index contributed by atoms with van der Waals surface area (Å²) in [6.07, 6.45) is 0. The van der Waals surface area contributed by atoms with E-state index in [1.807, 2.05) is 49.4 Å². The molecule has 0 aliphatic carbocycles. The van der Waals surface area contributed by atoms with Gasteiger partial charge in [-0.15, -0.1) is 0 Å².